The summed E-state index contributed by atoms with van der Waals surface area (Å²) in [4.78, 5) is 5.94. The minimum Gasteiger partial charge on any atom is -0.454 e. The molecule has 4 aromatic rings. The van der Waals surface area contributed by atoms with Gasteiger partial charge in [-0.25, -0.2) is 0 Å². The second-order valence-electron chi connectivity index (χ2n) is 8.31. The number of hydrogen-bond acceptors (Lipinski definition) is 3. The highest BCUT2D eigenvalue weighted by Crippen LogP contribution is 2.42. The Kier molecular flexibility index (Phi) is 5.12. The fourth-order valence-electron chi connectivity index (χ4n) is 4.82. The molecule has 0 bridgehead atoms. The van der Waals surface area contributed by atoms with Crippen molar-refractivity contribution in [2.24, 2.45) is 0 Å². The number of fused-ring (bicyclic) bond motifs is 4. The number of ether oxygens (including phenoxy) is 2. The molecule has 0 spiro atoms. The Balaban J connectivity index is 1.37. The molecule has 0 radical (unpaired) electrons. The molecule has 1 atom stereocenters. The lowest BCUT2D eigenvalue weighted by molar-refractivity contribution is 0.174. The van der Waals surface area contributed by atoms with E-state index in [2.05, 4.69) is 51.6 Å². The predicted octanol–water partition coefficient (Wildman–Crippen LogP) is 5.57. The van der Waals surface area contributed by atoms with Gasteiger partial charge >= 0.3 is 0 Å². The Morgan fingerprint density at radius 1 is 1.06 bits per heavy atom. The third-order valence-electron chi connectivity index (χ3n) is 6.34. The van der Waals surface area contributed by atoms with Crippen LogP contribution >= 0.6 is 23.8 Å². The summed E-state index contributed by atoms with van der Waals surface area (Å²) >= 11 is 12.1. The molecule has 3 heterocycles. The zero-order valence-electron chi connectivity index (χ0n) is 17.8. The van der Waals surface area contributed by atoms with Crippen molar-refractivity contribution in [1.29, 1.82) is 0 Å². The summed E-state index contributed by atoms with van der Waals surface area (Å²) in [6.07, 6.45) is 0.916. The largest absolute Gasteiger partial charge is 0.454 e. The van der Waals surface area contributed by atoms with Crippen LogP contribution in [0.1, 0.15) is 28.4 Å². The van der Waals surface area contributed by atoms with Crippen LogP contribution in [0.3, 0.4) is 0 Å². The monoisotopic (exact) mass is 475 g/mol. The number of halogens is 1. The van der Waals surface area contributed by atoms with Gasteiger partial charge in [0.2, 0.25) is 6.79 Å². The molecule has 6 rings (SSSR count). The zero-order valence-corrected chi connectivity index (χ0v) is 19.4. The lowest BCUT2D eigenvalue weighted by Gasteiger charge is -2.38. The first-order valence-electron chi connectivity index (χ1n) is 11.0. The molecule has 3 aromatic carbocycles. The maximum Gasteiger partial charge on any atom is 0.231 e. The van der Waals surface area contributed by atoms with Crippen molar-refractivity contribution >= 4 is 39.8 Å². The Labute approximate surface area is 202 Å². The van der Waals surface area contributed by atoms with E-state index in [9.17, 15) is 0 Å². The first-order chi connectivity index (χ1) is 16.2. The quantitative estimate of drug-likeness (QED) is 0.379. The van der Waals surface area contributed by atoms with Crippen LogP contribution in [0.4, 0.5) is 0 Å². The van der Waals surface area contributed by atoms with Gasteiger partial charge in [-0.1, -0.05) is 48.0 Å². The fourth-order valence-corrected chi connectivity index (χ4v) is 5.30. The third-order valence-corrected chi connectivity index (χ3v) is 6.95. The van der Waals surface area contributed by atoms with Gasteiger partial charge in [-0.2, -0.15) is 0 Å². The van der Waals surface area contributed by atoms with Crippen LogP contribution < -0.4 is 14.8 Å². The topological polar surface area (TPSA) is 49.5 Å². The van der Waals surface area contributed by atoms with E-state index in [0.29, 0.717) is 11.7 Å². The van der Waals surface area contributed by atoms with Crippen LogP contribution in [0.2, 0.25) is 5.02 Å². The fraction of sp³-hybridized carbons (Fsp3) is 0.192. The molecule has 1 aromatic heterocycles. The molecule has 0 saturated carbocycles. The van der Waals surface area contributed by atoms with Gasteiger partial charge in [-0.3, -0.25) is 0 Å². The van der Waals surface area contributed by atoms with Crippen molar-refractivity contribution in [1.82, 2.24) is 15.2 Å². The van der Waals surface area contributed by atoms with E-state index >= 15 is 0 Å². The van der Waals surface area contributed by atoms with Gasteiger partial charge < -0.3 is 24.7 Å². The van der Waals surface area contributed by atoms with Gasteiger partial charge in [0, 0.05) is 34.7 Å². The SMILES string of the molecule is S=C(NCc1cccc(Cl)c1)N1CCc2c([nH]c3ccccc23)[C@H]1c1ccc2c(c1)OCO2. The number of H-pyrrole nitrogens is 1. The average molecular weight is 476 g/mol. The highest BCUT2D eigenvalue weighted by Gasteiger charge is 2.34. The molecule has 0 fully saturated rings. The molecule has 166 valence electrons. The highest BCUT2D eigenvalue weighted by atomic mass is 35.5. The number of thiocarbonyl (C=S) groups is 1. The molecule has 2 aliphatic rings. The first-order valence-corrected chi connectivity index (χ1v) is 11.7. The molecule has 0 saturated heterocycles. The maximum atomic E-state index is 6.16. The summed E-state index contributed by atoms with van der Waals surface area (Å²) in [6, 6.07) is 22.4. The summed E-state index contributed by atoms with van der Waals surface area (Å²) in [5, 5.41) is 6.15. The van der Waals surface area contributed by atoms with Crippen molar-refractivity contribution in [2.45, 2.75) is 19.0 Å². The molecule has 2 N–H and O–H groups in total. The summed E-state index contributed by atoms with van der Waals surface area (Å²) in [5.74, 6) is 1.55. The smallest absolute Gasteiger partial charge is 0.231 e. The zero-order chi connectivity index (χ0) is 22.4. The van der Waals surface area contributed by atoms with Gasteiger partial charge in [0.1, 0.15) is 0 Å². The molecule has 0 unspecified atom stereocenters. The molecule has 33 heavy (non-hydrogen) atoms. The number of nitrogens with one attached hydrogen (secondary N) is 2. The Morgan fingerprint density at radius 2 is 1.94 bits per heavy atom. The summed E-state index contributed by atoms with van der Waals surface area (Å²) < 4.78 is 11.2. The van der Waals surface area contributed by atoms with Gasteiger partial charge in [0.15, 0.2) is 16.6 Å². The number of benzene rings is 3. The summed E-state index contributed by atoms with van der Waals surface area (Å²) in [6.45, 7) is 1.68. The van der Waals surface area contributed by atoms with Crippen LogP contribution in [0.15, 0.2) is 66.7 Å². The Bertz CT molecular complexity index is 1370. The van der Waals surface area contributed by atoms with E-state index in [-0.39, 0.29) is 12.8 Å². The number of nitrogens with zero attached hydrogens (tertiary/aromatic N) is 1. The molecule has 7 heteroatoms. The van der Waals surface area contributed by atoms with E-state index in [4.69, 9.17) is 33.3 Å². The van der Waals surface area contributed by atoms with Crippen molar-refractivity contribution in [3.8, 4) is 11.5 Å². The van der Waals surface area contributed by atoms with Crippen molar-refractivity contribution in [2.75, 3.05) is 13.3 Å². The number of hydrogen-bond donors (Lipinski definition) is 2. The van der Waals surface area contributed by atoms with Crippen molar-refractivity contribution in [3.63, 3.8) is 0 Å². The Morgan fingerprint density at radius 3 is 2.85 bits per heavy atom. The number of aromatic amines is 1. The second-order valence-corrected chi connectivity index (χ2v) is 9.13. The van der Waals surface area contributed by atoms with Crippen LogP contribution in [0.5, 0.6) is 11.5 Å². The van der Waals surface area contributed by atoms with E-state index in [1.807, 2.05) is 30.3 Å². The number of aromatic nitrogens is 1. The maximum absolute atomic E-state index is 6.16. The van der Waals surface area contributed by atoms with Gasteiger partial charge in [0.25, 0.3) is 0 Å². The third kappa shape index (κ3) is 3.69. The van der Waals surface area contributed by atoms with Crippen LogP contribution in [0.25, 0.3) is 10.9 Å². The molecular weight excluding hydrogens is 454 g/mol. The lowest BCUT2D eigenvalue weighted by atomic mass is 9.92. The van der Waals surface area contributed by atoms with Crippen molar-refractivity contribution < 1.29 is 9.47 Å². The normalized spacial score (nSPS) is 16.6. The Hall–Kier alpha value is -3.22. The van der Waals surface area contributed by atoms with E-state index in [0.717, 1.165) is 46.1 Å². The van der Waals surface area contributed by atoms with Gasteiger partial charge in [-0.15, -0.1) is 0 Å². The minimum atomic E-state index is -0.0602. The molecule has 0 aliphatic carbocycles. The number of para-hydroxylation sites is 1. The van der Waals surface area contributed by atoms with Crippen molar-refractivity contribution in [3.05, 3.63) is 94.1 Å². The lowest BCUT2D eigenvalue weighted by Crippen LogP contribution is -2.45. The summed E-state index contributed by atoms with van der Waals surface area (Å²) in [7, 11) is 0. The van der Waals surface area contributed by atoms with Crippen LogP contribution in [-0.2, 0) is 13.0 Å². The molecular formula is C26H22ClN3O2S. The standard InChI is InChI=1S/C26H22ClN3O2S/c27-18-5-3-4-16(12-18)14-28-26(33)30-11-10-20-19-6-1-2-7-21(19)29-24(20)25(30)17-8-9-22-23(13-17)32-15-31-22/h1-9,12-13,25,29H,10-11,14-15H2,(H,28,33)/t25-/m1/s1. The van der Waals surface area contributed by atoms with E-state index < -0.39 is 0 Å². The van der Waals surface area contributed by atoms with Crippen LogP contribution in [0, 0.1) is 0 Å². The molecule has 5 nitrogen and oxygen atoms in total. The number of rotatable bonds is 3. The second kappa shape index (κ2) is 8.28. The van der Waals surface area contributed by atoms with Crippen LogP contribution in [-0.4, -0.2) is 28.3 Å². The first kappa shape index (κ1) is 20.4. The highest BCUT2D eigenvalue weighted by molar-refractivity contribution is 7.80. The van der Waals surface area contributed by atoms with E-state index in [1.165, 1.54) is 16.6 Å². The van der Waals surface area contributed by atoms with Gasteiger partial charge in [0.05, 0.1) is 6.04 Å². The predicted molar refractivity (Wildman–Crippen MR) is 134 cm³/mol. The summed E-state index contributed by atoms with van der Waals surface area (Å²) in [5.41, 5.74) is 5.87. The molecule has 0 amide bonds. The average Bonchev–Trinajstić information content (AvgIpc) is 3.46. The van der Waals surface area contributed by atoms with Gasteiger partial charge in [-0.05, 0) is 65.7 Å². The minimum absolute atomic E-state index is 0.0602. The van der Waals surface area contributed by atoms with E-state index in [1.54, 1.807) is 0 Å². The molecule has 2 aliphatic heterocycles.